The Balaban J connectivity index is 2.02. The Kier molecular flexibility index (Phi) is 5.52. The highest BCUT2D eigenvalue weighted by molar-refractivity contribution is 5.66. The van der Waals surface area contributed by atoms with Crippen LogP contribution in [0.2, 0.25) is 0 Å². The molecule has 1 atom stereocenters. The number of hydrogen-bond donors (Lipinski definition) is 4. The minimum absolute atomic E-state index is 0.0965. The van der Waals surface area contributed by atoms with Crippen LogP contribution in [0.3, 0.4) is 0 Å². The summed E-state index contributed by atoms with van der Waals surface area (Å²) in [5.41, 5.74) is 1.00. The molecule has 0 saturated heterocycles. The maximum atomic E-state index is 10.2. The largest absolute Gasteiger partial charge is 0.481 e. The van der Waals surface area contributed by atoms with E-state index in [0.29, 0.717) is 19.4 Å². The van der Waals surface area contributed by atoms with Crippen LogP contribution in [-0.2, 0) is 11.2 Å². The normalized spacial score (nSPS) is 12.6. The first-order chi connectivity index (χ1) is 7.68. The van der Waals surface area contributed by atoms with Crippen molar-refractivity contribution in [1.29, 1.82) is 0 Å². The maximum Gasteiger partial charge on any atom is 0.303 e. The van der Waals surface area contributed by atoms with Gasteiger partial charge in [0.05, 0.1) is 6.33 Å². The van der Waals surface area contributed by atoms with Gasteiger partial charge < -0.3 is 15.2 Å². The smallest absolute Gasteiger partial charge is 0.303 e. The topological polar surface area (TPSA) is 98.2 Å². The zero-order valence-corrected chi connectivity index (χ0v) is 9.02. The highest BCUT2D eigenvalue weighted by Crippen LogP contribution is 1.99. The summed E-state index contributed by atoms with van der Waals surface area (Å²) < 4.78 is 0. The predicted molar refractivity (Wildman–Crippen MR) is 57.8 cm³/mol. The van der Waals surface area contributed by atoms with E-state index in [2.05, 4.69) is 15.3 Å². The minimum Gasteiger partial charge on any atom is -0.481 e. The second-order valence-electron chi connectivity index (χ2n) is 3.58. The number of imidazole rings is 1. The molecule has 0 aliphatic carbocycles. The van der Waals surface area contributed by atoms with E-state index in [-0.39, 0.29) is 6.42 Å². The molecule has 0 aromatic carbocycles. The van der Waals surface area contributed by atoms with Gasteiger partial charge >= 0.3 is 5.97 Å². The first-order valence-corrected chi connectivity index (χ1v) is 5.29. The molecule has 0 bridgehead atoms. The van der Waals surface area contributed by atoms with E-state index in [9.17, 15) is 9.90 Å². The van der Waals surface area contributed by atoms with Crippen molar-refractivity contribution in [2.45, 2.75) is 31.9 Å². The van der Waals surface area contributed by atoms with Gasteiger partial charge in [0.2, 0.25) is 0 Å². The average Bonchev–Trinajstić information content (AvgIpc) is 2.70. The second kappa shape index (κ2) is 6.97. The molecule has 1 heterocycles. The van der Waals surface area contributed by atoms with Crippen LogP contribution in [0.5, 0.6) is 0 Å². The molecule has 0 spiro atoms. The number of H-pyrrole nitrogens is 1. The van der Waals surface area contributed by atoms with Gasteiger partial charge in [-0.3, -0.25) is 10.1 Å². The van der Waals surface area contributed by atoms with Crippen LogP contribution in [0.15, 0.2) is 12.5 Å². The van der Waals surface area contributed by atoms with E-state index in [1.807, 2.05) is 0 Å². The Morgan fingerprint density at radius 3 is 3.06 bits per heavy atom. The summed E-state index contributed by atoms with van der Waals surface area (Å²) in [5, 5.41) is 20.8. The quantitative estimate of drug-likeness (QED) is 0.473. The lowest BCUT2D eigenvalue weighted by Crippen LogP contribution is -2.30. The first kappa shape index (κ1) is 12.7. The van der Waals surface area contributed by atoms with Crippen LogP contribution < -0.4 is 5.32 Å². The zero-order valence-electron chi connectivity index (χ0n) is 9.02. The summed E-state index contributed by atoms with van der Waals surface area (Å²) in [5.74, 6) is -0.829. The van der Waals surface area contributed by atoms with E-state index in [4.69, 9.17) is 5.11 Å². The van der Waals surface area contributed by atoms with Crippen molar-refractivity contribution in [3.05, 3.63) is 18.2 Å². The van der Waals surface area contributed by atoms with Gasteiger partial charge in [0.1, 0.15) is 6.23 Å². The van der Waals surface area contributed by atoms with Crippen molar-refractivity contribution in [3.63, 3.8) is 0 Å². The van der Waals surface area contributed by atoms with Crippen molar-refractivity contribution in [3.8, 4) is 0 Å². The van der Waals surface area contributed by atoms with Gasteiger partial charge in [-0.25, -0.2) is 4.98 Å². The third-order valence-corrected chi connectivity index (χ3v) is 2.20. The third-order valence-electron chi connectivity index (χ3n) is 2.20. The van der Waals surface area contributed by atoms with Crippen molar-refractivity contribution in [2.24, 2.45) is 0 Å². The Hall–Kier alpha value is -1.40. The molecule has 0 fully saturated rings. The molecule has 16 heavy (non-hydrogen) atoms. The molecule has 6 heteroatoms. The Morgan fingerprint density at radius 2 is 2.44 bits per heavy atom. The number of rotatable bonds is 8. The van der Waals surface area contributed by atoms with Crippen LogP contribution >= 0.6 is 0 Å². The number of aliphatic carboxylic acids is 1. The SMILES string of the molecule is O=C(O)CCCC(O)NCCc1cnc[nH]1. The molecule has 0 aliphatic rings. The first-order valence-electron chi connectivity index (χ1n) is 5.29. The molecule has 0 saturated carbocycles. The molecule has 6 nitrogen and oxygen atoms in total. The number of carbonyl (C=O) groups is 1. The fraction of sp³-hybridized carbons (Fsp3) is 0.600. The summed E-state index contributed by atoms with van der Waals surface area (Å²) in [6.45, 7) is 0.635. The Labute approximate surface area is 93.7 Å². The van der Waals surface area contributed by atoms with Crippen LogP contribution in [0.1, 0.15) is 25.0 Å². The van der Waals surface area contributed by atoms with Gasteiger partial charge in [-0.2, -0.15) is 0 Å². The van der Waals surface area contributed by atoms with Gasteiger partial charge in [-0.05, 0) is 12.8 Å². The van der Waals surface area contributed by atoms with Crippen molar-refractivity contribution < 1.29 is 15.0 Å². The Bertz CT molecular complexity index is 300. The fourth-order valence-corrected chi connectivity index (χ4v) is 1.34. The number of nitrogens with one attached hydrogen (secondary N) is 2. The molecule has 4 N–H and O–H groups in total. The predicted octanol–water partition coefficient (Wildman–Crippen LogP) is 0.115. The number of carboxylic acid groups (broad SMARTS) is 1. The summed E-state index contributed by atoms with van der Waals surface area (Å²) >= 11 is 0. The number of nitrogens with zero attached hydrogens (tertiary/aromatic N) is 1. The van der Waals surface area contributed by atoms with Gasteiger partial charge in [0.25, 0.3) is 0 Å². The maximum absolute atomic E-state index is 10.2. The molecular formula is C10H17N3O3. The monoisotopic (exact) mass is 227 g/mol. The van der Waals surface area contributed by atoms with Crippen LogP contribution in [-0.4, -0.2) is 38.9 Å². The van der Waals surface area contributed by atoms with Crippen LogP contribution in [0.25, 0.3) is 0 Å². The van der Waals surface area contributed by atoms with Crippen LogP contribution in [0, 0.1) is 0 Å². The third kappa shape index (κ3) is 5.47. The summed E-state index contributed by atoms with van der Waals surface area (Å²) in [7, 11) is 0. The molecule has 0 aliphatic heterocycles. The van der Waals surface area contributed by atoms with Crippen molar-refractivity contribution in [2.75, 3.05) is 6.54 Å². The number of aromatic nitrogens is 2. The van der Waals surface area contributed by atoms with E-state index in [0.717, 1.165) is 12.1 Å². The standard InChI is InChI=1S/C10H17N3O3/c14-9(2-1-3-10(15)16)12-5-4-8-6-11-7-13-8/h6-7,9,12,14H,1-5H2,(H,11,13)(H,15,16). The van der Waals surface area contributed by atoms with Crippen molar-refractivity contribution >= 4 is 5.97 Å². The zero-order chi connectivity index (χ0) is 11.8. The molecule has 1 unspecified atom stereocenters. The lowest BCUT2D eigenvalue weighted by Gasteiger charge is -2.11. The minimum atomic E-state index is -0.829. The van der Waals surface area contributed by atoms with Gasteiger partial charge in [0.15, 0.2) is 0 Å². The summed E-state index contributed by atoms with van der Waals surface area (Å²) in [4.78, 5) is 17.1. The van der Waals surface area contributed by atoms with E-state index in [1.54, 1.807) is 12.5 Å². The summed E-state index contributed by atoms with van der Waals surface area (Å²) in [6.07, 6.45) is 4.50. The molecule has 1 rings (SSSR count). The van der Waals surface area contributed by atoms with E-state index >= 15 is 0 Å². The fourth-order valence-electron chi connectivity index (χ4n) is 1.34. The molecule has 90 valence electrons. The number of aliphatic hydroxyl groups excluding tert-OH is 1. The van der Waals surface area contributed by atoms with E-state index < -0.39 is 12.2 Å². The van der Waals surface area contributed by atoms with Crippen molar-refractivity contribution in [1.82, 2.24) is 15.3 Å². The number of aromatic amines is 1. The van der Waals surface area contributed by atoms with Gasteiger partial charge in [0, 0.05) is 31.3 Å². The molecule has 0 amide bonds. The number of carboxylic acids is 1. The summed E-state index contributed by atoms with van der Waals surface area (Å²) in [6, 6.07) is 0. The molecule has 0 radical (unpaired) electrons. The highest BCUT2D eigenvalue weighted by atomic mass is 16.4. The Morgan fingerprint density at radius 1 is 1.62 bits per heavy atom. The lowest BCUT2D eigenvalue weighted by molar-refractivity contribution is -0.137. The molecular weight excluding hydrogens is 210 g/mol. The van der Waals surface area contributed by atoms with E-state index in [1.165, 1.54) is 0 Å². The number of hydrogen-bond acceptors (Lipinski definition) is 4. The van der Waals surface area contributed by atoms with Gasteiger partial charge in [-0.15, -0.1) is 0 Å². The highest BCUT2D eigenvalue weighted by Gasteiger charge is 2.04. The van der Waals surface area contributed by atoms with Crippen LogP contribution in [0.4, 0.5) is 0 Å². The number of aliphatic hydroxyl groups is 1. The molecule has 1 aromatic heterocycles. The van der Waals surface area contributed by atoms with Gasteiger partial charge in [-0.1, -0.05) is 0 Å². The molecule has 1 aromatic rings. The average molecular weight is 227 g/mol. The lowest BCUT2D eigenvalue weighted by atomic mass is 10.2. The second-order valence-corrected chi connectivity index (χ2v) is 3.58.